The Morgan fingerprint density at radius 3 is 2.48 bits per heavy atom. The summed E-state index contributed by atoms with van der Waals surface area (Å²) in [5, 5.41) is 26.6. The van der Waals surface area contributed by atoms with E-state index in [9.17, 15) is 24.8 Å². The first-order valence-corrected chi connectivity index (χ1v) is 7.05. The molecule has 0 saturated heterocycles. The zero-order chi connectivity index (χ0) is 18.4. The van der Waals surface area contributed by atoms with Crippen LogP contribution in [-0.4, -0.2) is 28.1 Å². The Morgan fingerprint density at radius 1 is 1.20 bits per heavy atom. The molecule has 0 aromatic heterocycles. The number of hydrazone groups is 1. The number of anilines is 1. The van der Waals surface area contributed by atoms with Crippen molar-refractivity contribution in [1.82, 2.24) is 5.43 Å². The second-order valence-corrected chi connectivity index (χ2v) is 4.96. The Hall–Kier alpha value is -3.75. The number of nitro benzene ring substituents is 1. The van der Waals surface area contributed by atoms with Crippen molar-refractivity contribution in [2.75, 3.05) is 5.32 Å². The molecule has 2 amide bonds. The largest absolute Gasteiger partial charge is 0.507 e. The molecule has 0 aliphatic rings. The number of carbonyl (C=O) groups excluding carboxylic acids is 2. The lowest BCUT2D eigenvalue weighted by atomic mass is 10.2. The molecule has 0 aliphatic heterocycles. The van der Waals surface area contributed by atoms with Crippen molar-refractivity contribution in [2.24, 2.45) is 5.10 Å². The van der Waals surface area contributed by atoms with Crippen molar-refractivity contribution in [1.29, 1.82) is 0 Å². The van der Waals surface area contributed by atoms with E-state index in [1.165, 1.54) is 25.1 Å². The van der Waals surface area contributed by atoms with Gasteiger partial charge in [0.05, 0.1) is 11.1 Å². The molecule has 0 spiro atoms. The Morgan fingerprint density at radius 2 is 1.88 bits per heavy atom. The molecule has 0 aliphatic carbocycles. The predicted octanol–water partition coefficient (Wildman–Crippen LogP) is 2.02. The maximum atomic E-state index is 11.9. The predicted molar refractivity (Wildman–Crippen MR) is 90.6 cm³/mol. The Kier molecular flexibility index (Phi) is 5.41. The molecule has 9 heteroatoms. The minimum atomic E-state index is -0.605. The lowest BCUT2D eigenvalue weighted by molar-refractivity contribution is -0.384. The van der Waals surface area contributed by atoms with Crippen LogP contribution in [0, 0.1) is 10.1 Å². The van der Waals surface area contributed by atoms with E-state index in [-0.39, 0.29) is 22.9 Å². The first-order chi connectivity index (χ1) is 11.9. The number of amides is 2. The molecule has 0 radical (unpaired) electrons. The molecular formula is C16H14N4O5. The molecule has 9 nitrogen and oxygen atoms in total. The summed E-state index contributed by atoms with van der Waals surface area (Å²) in [4.78, 5) is 33.0. The highest BCUT2D eigenvalue weighted by atomic mass is 16.6. The van der Waals surface area contributed by atoms with Crippen molar-refractivity contribution < 1.29 is 19.6 Å². The van der Waals surface area contributed by atoms with E-state index < -0.39 is 10.8 Å². The van der Waals surface area contributed by atoms with Gasteiger partial charge in [-0.2, -0.15) is 5.10 Å². The monoisotopic (exact) mass is 342 g/mol. The third-order valence-corrected chi connectivity index (χ3v) is 3.06. The van der Waals surface area contributed by atoms with E-state index in [0.717, 1.165) is 18.3 Å². The Labute approximate surface area is 142 Å². The highest BCUT2D eigenvalue weighted by Crippen LogP contribution is 2.21. The molecule has 0 atom stereocenters. The molecule has 2 aromatic carbocycles. The van der Waals surface area contributed by atoms with Crippen molar-refractivity contribution >= 4 is 29.4 Å². The summed E-state index contributed by atoms with van der Waals surface area (Å²) < 4.78 is 0. The maximum Gasteiger partial charge on any atom is 0.271 e. The molecule has 0 heterocycles. The van der Waals surface area contributed by atoms with Crippen LogP contribution in [0.25, 0.3) is 0 Å². The third kappa shape index (κ3) is 4.86. The van der Waals surface area contributed by atoms with Crippen molar-refractivity contribution in [3.8, 4) is 5.75 Å². The van der Waals surface area contributed by atoms with Gasteiger partial charge in [0.2, 0.25) is 5.91 Å². The average Bonchev–Trinajstić information content (AvgIpc) is 2.56. The van der Waals surface area contributed by atoms with Crippen LogP contribution >= 0.6 is 0 Å². The SMILES string of the molecule is CC(=O)Nc1ccc(C(=O)N/N=C\c2cc([N+](=O)[O-])ccc2O)cc1. The molecule has 0 unspecified atom stereocenters. The van der Waals surface area contributed by atoms with Crippen LogP contribution in [0.1, 0.15) is 22.8 Å². The number of carbonyl (C=O) groups is 2. The van der Waals surface area contributed by atoms with Gasteiger partial charge in [-0.1, -0.05) is 0 Å². The number of rotatable bonds is 5. The molecule has 0 fully saturated rings. The average molecular weight is 342 g/mol. The minimum Gasteiger partial charge on any atom is -0.507 e. The van der Waals surface area contributed by atoms with Gasteiger partial charge in [-0.25, -0.2) is 5.43 Å². The number of hydrogen-bond donors (Lipinski definition) is 3. The molecule has 25 heavy (non-hydrogen) atoms. The number of benzene rings is 2. The maximum absolute atomic E-state index is 11.9. The zero-order valence-electron chi connectivity index (χ0n) is 13.1. The van der Waals surface area contributed by atoms with Gasteiger partial charge in [-0.15, -0.1) is 0 Å². The lowest BCUT2D eigenvalue weighted by Crippen LogP contribution is -2.17. The van der Waals surface area contributed by atoms with E-state index >= 15 is 0 Å². The summed E-state index contributed by atoms with van der Waals surface area (Å²) >= 11 is 0. The van der Waals surface area contributed by atoms with Crippen LogP contribution in [0.4, 0.5) is 11.4 Å². The van der Waals surface area contributed by atoms with E-state index in [1.54, 1.807) is 12.1 Å². The summed E-state index contributed by atoms with van der Waals surface area (Å²) in [7, 11) is 0. The highest BCUT2D eigenvalue weighted by molar-refractivity contribution is 5.96. The number of nitro groups is 1. The summed E-state index contributed by atoms with van der Waals surface area (Å²) in [6, 6.07) is 9.58. The fraction of sp³-hybridized carbons (Fsp3) is 0.0625. The van der Waals surface area contributed by atoms with E-state index in [4.69, 9.17) is 0 Å². The minimum absolute atomic E-state index is 0.0931. The first-order valence-electron chi connectivity index (χ1n) is 7.05. The second-order valence-electron chi connectivity index (χ2n) is 4.96. The molecule has 3 N–H and O–H groups in total. The topological polar surface area (TPSA) is 134 Å². The van der Waals surface area contributed by atoms with Gasteiger partial charge >= 0.3 is 0 Å². The van der Waals surface area contributed by atoms with Crippen molar-refractivity contribution in [3.63, 3.8) is 0 Å². The fourth-order valence-corrected chi connectivity index (χ4v) is 1.89. The van der Waals surface area contributed by atoms with Crippen LogP contribution in [0.15, 0.2) is 47.6 Å². The van der Waals surface area contributed by atoms with Gasteiger partial charge in [-0.3, -0.25) is 19.7 Å². The van der Waals surface area contributed by atoms with Crippen molar-refractivity contribution in [2.45, 2.75) is 6.92 Å². The number of phenolic OH excluding ortho intramolecular Hbond substituents is 1. The Balaban J connectivity index is 2.04. The number of nitrogens with one attached hydrogen (secondary N) is 2. The van der Waals surface area contributed by atoms with Crippen LogP contribution in [0.2, 0.25) is 0 Å². The van der Waals surface area contributed by atoms with E-state index in [1.807, 2.05) is 0 Å². The van der Waals surface area contributed by atoms with Crippen LogP contribution in [-0.2, 0) is 4.79 Å². The third-order valence-electron chi connectivity index (χ3n) is 3.06. The van der Waals surface area contributed by atoms with E-state index in [2.05, 4.69) is 15.8 Å². The zero-order valence-corrected chi connectivity index (χ0v) is 13.1. The standard InChI is InChI=1S/C16H14N4O5/c1-10(21)18-13-4-2-11(3-5-13)16(23)19-17-9-12-8-14(20(24)25)6-7-15(12)22/h2-9,22H,1H3,(H,18,21)(H,19,23)/b17-9-. The number of nitrogens with zero attached hydrogens (tertiary/aromatic N) is 2. The molecule has 0 saturated carbocycles. The van der Waals surface area contributed by atoms with Gasteiger partial charge in [0, 0.05) is 35.9 Å². The number of aromatic hydroxyl groups is 1. The van der Waals surface area contributed by atoms with Gasteiger partial charge < -0.3 is 10.4 Å². The summed E-state index contributed by atoms with van der Waals surface area (Å²) in [6.07, 6.45) is 1.10. The van der Waals surface area contributed by atoms with E-state index in [0.29, 0.717) is 11.3 Å². The molecular weight excluding hydrogens is 328 g/mol. The fourth-order valence-electron chi connectivity index (χ4n) is 1.89. The highest BCUT2D eigenvalue weighted by Gasteiger charge is 2.09. The lowest BCUT2D eigenvalue weighted by Gasteiger charge is -2.04. The second kappa shape index (κ2) is 7.68. The van der Waals surface area contributed by atoms with Crippen LogP contribution in [0.5, 0.6) is 5.75 Å². The van der Waals surface area contributed by atoms with Gasteiger partial charge in [0.25, 0.3) is 11.6 Å². The molecule has 2 aromatic rings. The van der Waals surface area contributed by atoms with Gasteiger partial charge in [-0.05, 0) is 30.3 Å². The van der Waals surface area contributed by atoms with Gasteiger partial charge in [0.15, 0.2) is 0 Å². The molecule has 128 valence electrons. The smallest absolute Gasteiger partial charge is 0.271 e. The number of phenols is 1. The first kappa shape index (κ1) is 17.6. The molecule has 2 rings (SSSR count). The summed E-state index contributed by atoms with van der Waals surface area (Å²) in [5.41, 5.74) is 2.98. The van der Waals surface area contributed by atoms with Crippen LogP contribution in [0.3, 0.4) is 0 Å². The van der Waals surface area contributed by atoms with Gasteiger partial charge in [0.1, 0.15) is 5.75 Å². The summed E-state index contributed by atoms with van der Waals surface area (Å²) in [6.45, 7) is 1.37. The van der Waals surface area contributed by atoms with Crippen molar-refractivity contribution in [3.05, 3.63) is 63.7 Å². The normalized spacial score (nSPS) is 10.4. The van der Waals surface area contributed by atoms with Crippen LogP contribution < -0.4 is 10.7 Å². The number of non-ortho nitro benzene ring substituents is 1. The molecule has 0 bridgehead atoms. The summed E-state index contributed by atoms with van der Waals surface area (Å²) in [5.74, 6) is -0.947. The quantitative estimate of drug-likeness (QED) is 0.434. The Bertz CT molecular complexity index is 846. The number of hydrogen-bond acceptors (Lipinski definition) is 6.